The molecule has 1 saturated heterocycles. The number of nitrogens with one attached hydrogen (secondary N) is 2. The fraction of sp³-hybridized carbons (Fsp3) is 0.500. The number of halogens is 3. The summed E-state index contributed by atoms with van der Waals surface area (Å²) in [6.45, 7) is 2.36. The zero-order valence-corrected chi connectivity index (χ0v) is 21.8. The highest BCUT2D eigenvalue weighted by atomic mass is 35.5. The van der Waals surface area contributed by atoms with Crippen molar-refractivity contribution in [2.45, 2.75) is 44.3 Å². The third-order valence-electron chi connectivity index (χ3n) is 7.53. The number of aliphatic hydroxyl groups excluding tert-OH is 1. The second kappa shape index (κ2) is 9.23. The first-order valence-electron chi connectivity index (χ1n) is 12.8. The number of aryl methyl sites for hydroxylation is 1. The highest BCUT2D eigenvalue weighted by Gasteiger charge is 2.51. The van der Waals surface area contributed by atoms with Crippen molar-refractivity contribution in [1.29, 1.82) is 0 Å². The molecule has 9 nitrogen and oxygen atoms in total. The Labute approximate surface area is 222 Å². The van der Waals surface area contributed by atoms with E-state index in [1.54, 1.807) is 25.2 Å². The third kappa shape index (κ3) is 4.51. The van der Waals surface area contributed by atoms with Gasteiger partial charge in [-0.2, -0.15) is 4.98 Å². The van der Waals surface area contributed by atoms with Gasteiger partial charge in [-0.25, -0.2) is 13.8 Å². The summed E-state index contributed by atoms with van der Waals surface area (Å²) in [6, 6.07) is 4.16. The zero-order valence-electron chi connectivity index (χ0n) is 21.0. The fourth-order valence-electron chi connectivity index (χ4n) is 5.50. The molecule has 3 atom stereocenters. The minimum absolute atomic E-state index is 0.111. The topological polar surface area (TPSA) is 105 Å². The van der Waals surface area contributed by atoms with E-state index in [0.29, 0.717) is 65.2 Å². The van der Waals surface area contributed by atoms with Crippen molar-refractivity contribution in [1.82, 2.24) is 14.5 Å². The van der Waals surface area contributed by atoms with Crippen molar-refractivity contribution in [3.05, 3.63) is 39.8 Å². The standard InChI is InChI=1S/C26H29ClF2N6O3/c1-13-7-16(36)11-35(10-13)25-30-9-18(27)23(33-25)31-15-5-6-19-17(8-15)20-21(24(37)34(19)2)38-12-26(28,29)22(32-20)14-3-4-14/h5-6,8-9,13-14,16,22,32,36H,3-4,7,10-12H2,1-2H3,(H,30,31,33)/t13-,16-,22?/m1/s1. The minimum Gasteiger partial charge on any atom is -0.480 e. The van der Waals surface area contributed by atoms with Gasteiger partial charge in [0.1, 0.15) is 5.02 Å². The molecule has 1 aromatic carbocycles. The summed E-state index contributed by atoms with van der Waals surface area (Å²) in [5.41, 5.74) is 0.958. The molecule has 1 saturated carbocycles. The molecule has 2 aliphatic heterocycles. The van der Waals surface area contributed by atoms with Crippen LogP contribution in [0.2, 0.25) is 5.02 Å². The molecule has 2 fully saturated rings. The highest BCUT2D eigenvalue weighted by molar-refractivity contribution is 6.32. The maximum atomic E-state index is 14.9. The maximum absolute atomic E-state index is 14.9. The number of hydrogen-bond acceptors (Lipinski definition) is 8. The first kappa shape index (κ1) is 25.1. The zero-order chi connectivity index (χ0) is 26.8. The third-order valence-corrected chi connectivity index (χ3v) is 7.80. The summed E-state index contributed by atoms with van der Waals surface area (Å²) in [4.78, 5) is 23.9. The minimum atomic E-state index is -3.11. The number of piperidine rings is 1. The van der Waals surface area contributed by atoms with Crippen LogP contribution in [0.25, 0.3) is 10.9 Å². The van der Waals surface area contributed by atoms with Gasteiger partial charge in [0.2, 0.25) is 11.7 Å². The summed E-state index contributed by atoms with van der Waals surface area (Å²) < 4.78 is 36.7. The smallest absolute Gasteiger partial charge is 0.301 e. The van der Waals surface area contributed by atoms with Crippen LogP contribution < -0.4 is 25.8 Å². The molecule has 0 bridgehead atoms. The Bertz CT molecular complexity index is 1450. The molecular formula is C26H29ClF2N6O3. The van der Waals surface area contributed by atoms with Crippen LogP contribution in [0.3, 0.4) is 0 Å². The van der Waals surface area contributed by atoms with Crippen LogP contribution in [0.5, 0.6) is 5.75 Å². The van der Waals surface area contributed by atoms with Gasteiger partial charge in [0.25, 0.3) is 5.56 Å². The van der Waals surface area contributed by atoms with E-state index in [1.807, 2.05) is 4.90 Å². The van der Waals surface area contributed by atoms with Gasteiger partial charge < -0.3 is 29.9 Å². The van der Waals surface area contributed by atoms with E-state index in [9.17, 15) is 18.7 Å². The average Bonchev–Trinajstić information content (AvgIpc) is 3.71. The number of alkyl halides is 2. The van der Waals surface area contributed by atoms with Crippen LogP contribution in [-0.4, -0.2) is 57.4 Å². The number of pyridine rings is 1. The van der Waals surface area contributed by atoms with Gasteiger partial charge in [-0.1, -0.05) is 18.5 Å². The Balaban J connectivity index is 1.38. The van der Waals surface area contributed by atoms with Crippen LogP contribution in [-0.2, 0) is 7.05 Å². The van der Waals surface area contributed by atoms with Gasteiger partial charge in [-0.15, -0.1) is 0 Å². The first-order valence-corrected chi connectivity index (χ1v) is 13.1. The molecule has 1 unspecified atom stereocenters. The van der Waals surface area contributed by atoms with Crippen LogP contribution in [0.4, 0.5) is 31.9 Å². The van der Waals surface area contributed by atoms with Gasteiger partial charge >= 0.3 is 5.92 Å². The van der Waals surface area contributed by atoms with Crippen molar-refractivity contribution in [3.8, 4) is 5.75 Å². The van der Waals surface area contributed by atoms with Gasteiger partial charge in [0.15, 0.2) is 12.4 Å². The number of aliphatic hydroxyl groups is 1. The van der Waals surface area contributed by atoms with E-state index in [2.05, 4.69) is 27.5 Å². The molecule has 4 heterocycles. The summed E-state index contributed by atoms with van der Waals surface area (Å²) in [6.07, 6.45) is 3.19. The Morgan fingerprint density at radius 2 is 2.08 bits per heavy atom. The molecule has 0 spiro atoms. The van der Waals surface area contributed by atoms with Crippen LogP contribution in [0.1, 0.15) is 26.2 Å². The molecule has 6 rings (SSSR count). The van der Waals surface area contributed by atoms with Gasteiger partial charge in [0.05, 0.1) is 29.5 Å². The summed E-state index contributed by atoms with van der Waals surface area (Å²) in [7, 11) is 1.59. The quantitative estimate of drug-likeness (QED) is 0.448. The number of rotatable bonds is 4. The van der Waals surface area contributed by atoms with Crippen LogP contribution in [0, 0.1) is 11.8 Å². The van der Waals surface area contributed by atoms with Crippen molar-refractivity contribution in [2.24, 2.45) is 18.9 Å². The Morgan fingerprint density at radius 1 is 1.29 bits per heavy atom. The molecule has 0 radical (unpaired) electrons. The number of ether oxygens (including phenoxy) is 1. The summed E-state index contributed by atoms with van der Waals surface area (Å²) in [5, 5.41) is 17.3. The van der Waals surface area contributed by atoms with E-state index in [0.717, 1.165) is 6.42 Å². The van der Waals surface area contributed by atoms with E-state index < -0.39 is 30.2 Å². The SMILES string of the molecule is C[C@@H]1C[C@@H](O)CN(c2ncc(Cl)c(Nc3ccc4c(c3)c3c(c(=O)n4C)OCC(F)(F)C(C4CC4)N3)n2)C1. The normalized spacial score (nSPS) is 24.8. The summed E-state index contributed by atoms with van der Waals surface area (Å²) in [5.74, 6) is -2.29. The molecule has 202 valence electrons. The van der Waals surface area contributed by atoms with Gasteiger partial charge in [-0.05, 0) is 49.3 Å². The Kier molecular flexibility index (Phi) is 6.10. The number of anilines is 4. The second-order valence-corrected chi connectivity index (χ2v) is 11.1. The number of nitrogens with zero attached hydrogens (tertiary/aromatic N) is 4. The largest absolute Gasteiger partial charge is 0.480 e. The van der Waals surface area contributed by atoms with Crippen LogP contribution >= 0.6 is 11.6 Å². The predicted molar refractivity (Wildman–Crippen MR) is 142 cm³/mol. The Hall–Kier alpha value is -3.18. The predicted octanol–water partition coefficient (Wildman–Crippen LogP) is 4.15. The van der Waals surface area contributed by atoms with Crippen molar-refractivity contribution >= 4 is 45.6 Å². The Morgan fingerprint density at radius 3 is 2.82 bits per heavy atom. The molecular weight excluding hydrogens is 518 g/mol. The lowest BCUT2D eigenvalue weighted by Gasteiger charge is -2.34. The molecule has 3 aromatic rings. The van der Waals surface area contributed by atoms with Crippen molar-refractivity contribution in [3.63, 3.8) is 0 Å². The van der Waals surface area contributed by atoms with E-state index in [1.165, 1.54) is 10.8 Å². The average molecular weight is 547 g/mol. The van der Waals surface area contributed by atoms with Gasteiger partial charge in [0, 0.05) is 31.2 Å². The second-order valence-electron chi connectivity index (χ2n) is 10.7. The van der Waals surface area contributed by atoms with Gasteiger partial charge in [-0.3, -0.25) is 4.79 Å². The fourth-order valence-corrected chi connectivity index (χ4v) is 5.64. The number of hydrogen-bond donors (Lipinski definition) is 3. The molecule has 2 aromatic heterocycles. The number of fused-ring (bicyclic) bond motifs is 3. The molecule has 1 aliphatic carbocycles. The molecule has 0 amide bonds. The van der Waals surface area contributed by atoms with E-state index in [4.69, 9.17) is 16.3 Å². The maximum Gasteiger partial charge on any atom is 0.301 e. The van der Waals surface area contributed by atoms with Crippen LogP contribution in [0.15, 0.2) is 29.2 Å². The lowest BCUT2D eigenvalue weighted by atomic mass is 9.98. The first-order chi connectivity index (χ1) is 18.1. The van der Waals surface area contributed by atoms with E-state index >= 15 is 0 Å². The van der Waals surface area contributed by atoms with Crippen molar-refractivity contribution in [2.75, 3.05) is 35.2 Å². The molecule has 3 N–H and O–H groups in total. The number of aromatic nitrogens is 3. The van der Waals surface area contributed by atoms with Crippen molar-refractivity contribution < 1.29 is 18.6 Å². The lowest BCUT2D eigenvalue weighted by molar-refractivity contribution is -0.0579. The number of β-amino-alcohol motifs (C(OH)–C–C–N with tert-alkyl or cyclic N) is 1. The highest BCUT2D eigenvalue weighted by Crippen LogP contribution is 2.45. The molecule has 3 aliphatic rings. The molecule has 12 heteroatoms. The monoisotopic (exact) mass is 546 g/mol. The van der Waals surface area contributed by atoms with E-state index in [-0.39, 0.29) is 17.4 Å². The molecule has 38 heavy (non-hydrogen) atoms. The number of benzene rings is 1. The summed E-state index contributed by atoms with van der Waals surface area (Å²) >= 11 is 6.42. The lowest BCUT2D eigenvalue weighted by Crippen LogP contribution is -2.44.